The highest BCUT2D eigenvalue weighted by Gasteiger charge is 1.94. The molecule has 0 aliphatic carbocycles. The molecule has 0 aromatic carbocycles. The number of nitrogens with zero attached hydrogens (tertiary/aromatic N) is 2. The molecular weight excluding hydrogens is 168 g/mol. The van der Waals surface area contributed by atoms with Crippen molar-refractivity contribution in [1.29, 1.82) is 0 Å². The van der Waals surface area contributed by atoms with E-state index < -0.39 is 6.09 Å². The monoisotopic (exact) mass is 184 g/mol. The Kier molecular flexibility index (Phi) is 5.59. The molecule has 0 radical (unpaired) electrons. The minimum atomic E-state index is -1.01. The number of imidazole rings is 1. The minimum absolute atomic E-state index is 0.884. The molecule has 0 unspecified atom stereocenters. The zero-order valence-electron chi connectivity index (χ0n) is 8.27. The predicted molar refractivity (Wildman–Crippen MR) is 50.8 cm³/mol. The third-order valence-corrected chi connectivity index (χ3v) is 1.54. The van der Waals surface area contributed by atoms with Gasteiger partial charge in [0.15, 0.2) is 0 Å². The number of carbonyl (C=O) groups is 1. The minimum Gasteiger partial charge on any atom is -0.464 e. The van der Waals surface area contributed by atoms with Crippen LogP contribution in [0.3, 0.4) is 0 Å². The van der Waals surface area contributed by atoms with Gasteiger partial charge in [-0.3, -0.25) is 0 Å². The van der Waals surface area contributed by atoms with E-state index in [1.165, 1.54) is 25.1 Å². The second-order valence-corrected chi connectivity index (χ2v) is 3.05. The Hall–Kier alpha value is -1.32. The maximum atomic E-state index is 9.98. The maximum Gasteiger partial charge on any atom is 0.416 e. The van der Waals surface area contributed by atoms with E-state index in [0.717, 1.165) is 10.5 Å². The highest BCUT2D eigenvalue weighted by Crippen LogP contribution is 1.93. The summed E-state index contributed by atoms with van der Waals surface area (Å²) in [6.45, 7) is 6.64. The van der Waals surface area contributed by atoms with Gasteiger partial charge in [0.05, 0.1) is 0 Å². The SMILES string of the molecule is CCC(C)C.O=C(O)n1ccnc1. The lowest BCUT2D eigenvalue weighted by molar-refractivity contribution is 0.196. The van der Waals surface area contributed by atoms with Crippen molar-refractivity contribution in [3.05, 3.63) is 18.7 Å². The fraction of sp³-hybridized carbons (Fsp3) is 0.556. The van der Waals surface area contributed by atoms with E-state index in [2.05, 4.69) is 25.8 Å². The Morgan fingerprint density at radius 2 is 2.15 bits per heavy atom. The lowest BCUT2D eigenvalue weighted by atomic mass is 10.2. The molecule has 4 heteroatoms. The van der Waals surface area contributed by atoms with Crippen molar-refractivity contribution >= 4 is 6.09 Å². The Labute approximate surface area is 78.2 Å². The average Bonchev–Trinajstić information content (AvgIpc) is 2.57. The standard InChI is InChI=1S/C5H12.C4H4N2O2/c1-4-5(2)3;7-4(8)6-2-1-5-3-6/h5H,4H2,1-3H3;1-3H,(H,7,8). The highest BCUT2D eigenvalue weighted by atomic mass is 16.4. The van der Waals surface area contributed by atoms with Crippen LogP contribution in [0.5, 0.6) is 0 Å². The third-order valence-electron chi connectivity index (χ3n) is 1.54. The van der Waals surface area contributed by atoms with Crippen LogP contribution < -0.4 is 0 Å². The Bertz CT molecular complexity index is 230. The normalized spacial score (nSPS) is 9.23. The van der Waals surface area contributed by atoms with Gasteiger partial charge in [0, 0.05) is 12.4 Å². The van der Waals surface area contributed by atoms with E-state index in [-0.39, 0.29) is 0 Å². The molecule has 4 nitrogen and oxygen atoms in total. The van der Waals surface area contributed by atoms with Crippen molar-refractivity contribution in [3.8, 4) is 0 Å². The molecule has 1 aromatic rings. The molecule has 1 N–H and O–H groups in total. The molecule has 0 spiro atoms. The topological polar surface area (TPSA) is 55.1 Å². The summed E-state index contributed by atoms with van der Waals surface area (Å²) in [6, 6.07) is 0. The number of rotatable bonds is 1. The van der Waals surface area contributed by atoms with Gasteiger partial charge in [-0.1, -0.05) is 27.2 Å². The molecule has 0 saturated carbocycles. The largest absolute Gasteiger partial charge is 0.464 e. The van der Waals surface area contributed by atoms with Gasteiger partial charge >= 0.3 is 6.09 Å². The first-order valence-corrected chi connectivity index (χ1v) is 4.29. The van der Waals surface area contributed by atoms with Gasteiger partial charge in [-0.15, -0.1) is 0 Å². The van der Waals surface area contributed by atoms with E-state index in [4.69, 9.17) is 5.11 Å². The molecule has 0 bridgehead atoms. The molecule has 74 valence electrons. The summed E-state index contributed by atoms with van der Waals surface area (Å²) < 4.78 is 0.972. The molecule has 1 aromatic heterocycles. The third kappa shape index (κ3) is 5.90. The molecule has 0 aliphatic heterocycles. The van der Waals surface area contributed by atoms with Crippen molar-refractivity contribution in [2.24, 2.45) is 5.92 Å². The first-order valence-electron chi connectivity index (χ1n) is 4.29. The highest BCUT2D eigenvalue weighted by molar-refractivity contribution is 5.67. The molecule has 1 heterocycles. The summed E-state index contributed by atoms with van der Waals surface area (Å²) >= 11 is 0. The van der Waals surface area contributed by atoms with Gasteiger partial charge in [-0.05, 0) is 5.92 Å². The van der Waals surface area contributed by atoms with Crippen LogP contribution in [0.15, 0.2) is 18.7 Å². The van der Waals surface area contributed by atoms with Crippen LogP contribution in [0, 0.1) is 5.92 Å². The van der Waals surface area contributed by atoms with Crippen LogP contribution in [-0.2, 0) is 0 Å². The number of aromatic nitrogens is 2. The number of hydrogen-bond acceptors (Lipinski definition) is 2. The number of carboxylic acid groups (broad SMARTS) is 1. The molecule has 0 saturated heterocycles. The van der Waals surface area contributed by atoms with Crippen molar-refractivity contribution in [2.45, 2.75) is 27.2 Å². The fourth-order valence-electron chi connectivity index (χ4n) is 0.372. The molecule has 13 heavy (non-hydrogen) atoms. The van der Waals surface area contributed by atoms with Crippen LogP contribution in [0.4, 0.5) is 4.79 Å². The van der Waals surface area contributed by atoms with Crippen molar-refractivity contribution in [3.63, 3.8) is 0 Å². The van der Waals surface area contributed by atoms with E-state index in [1.54, 1.807) is 0 Å². The molecule has 1 rings (SSSR count). The molecule has 0 amide bonds. The smallest absolute Gasteiger partial charge is 0.416 e. The van der Waals surface area contributed by atoms with Crippen LogP contribution in [0.1, 0.15) is 27.2 Å². The van der Waals surface area contributed by atoms with Crippen molar-refractivity contribution in [1.82, 2.24) is 9.55 Å². The zero-order chi connectivity index (χ0) is 10.3. The molecular formula is C9H16N2O2. The second-order valence-electron chi connectivity index (χ2n) is 3.05. The summed E-state index contributed by atoms with van der Waals surface area (Å²) in [5.41, 5.74) is 0. The van der Waals surface area contributed by atoms with Crippen LogP contribution >= 0.6 is 0 Å². The summed E-state index contributed by atoms with van der Waals surface area (Å²) in [7, 11) is 0. The van der Waals surface area contributed by atoms with Crippen LogP contribution in [-0.4, -0.2) is 20.8 Å². The van der Waals surface area contributed by atoms with Crippen molar-refractivity contribution in [2.75, 3.05) is 0 Å². The van der Waals surface area contributed by atoms with E-state index >= 15 is 0 Å². The Morgan fingerprint density at radius 3 is 2.31 bits per heavy atom. The van der Waals surface area contributed by atoms with Gasteiger partial charge in [0.25, 0.3) is 0 Å². The molecule has 0 atom stereocenters. The first-order chi connectivity index (χ1) is 6.07. The predicted octanol–water partition coefficient (Wildman–Crippen LogP) is 2.46. The Morgan fingerprint density at radius 1 is 1.62 bits per heavy atom. The van der Waals surface area contributed by atoms with E-state index in [9.17, 15) is 4.79 Å². The summed E-state index contributed by atoms with van der Waals surface area (Å²) in [5, 5.41) is 8.20. The zero-order valence-corrected chi connectivity index (χ0v) is 8.27. The lowest BCUT2D eigenvalue weighted by Gasteiger charge is -1.90. The summed E-state index contributed by atoms with van der Waals surface area (Å²) in [6.07, 6.45) is 4.29. The maximum absolute atomic E-state index is 9.98. The average molecular weight is 184 g/mol. The quantitative estimate of drug-likeness (QED) is 0.729. The second kappa shape index (κ2) is 6.22. The van der Waals surface area contributed by atoms with Crippen LogP contribution in [0.25, 0.3) is 0 Å². The van der Waals surface area contributed by atoms with Gasteiger partial charge in [-0.2, -0.15) is 0 Å². The van der Waals surface area contributed by atoms with Gasteiger partial charge in [-0.25, -0.2) is 14.3 Å². The molecule has 0 fully saturated rings. The van der Waals surface area contributed by atoms with Crippen LogP contribution in [0.2, 0.25) is 0 Å². The van der Waals surface area contributed by atoms with E-state index in [1.807, 2.05) is 0 Å². The lowest BCUT2D eigenvalue weighted by Crippen LogP contribution is -2.03. The van der Waals surface area contributed by atoms with Crippen molar-refractivity contribution < 1.29 is 9.90 Å². The Balaban J connectivity index is 0.000000252. The van der Waals surface area contributed by atoms with Gasteiger partial charge in [0.2, 0.25) is 0 Å². The van der Waals surface area contributed by atoms with E-state index in [0.29, 0.717) is 0 Å². The number of hydrogen-bond donors (Lipinski definition) is 1. The summed E-state index contributed by atoms with van der Waals surface area (Å²) in [5.74, 6) is 0.884. The molecule has 0 aliphatic rings. The van der Waals surface area contributed by atoms with Gasteiger partial charge < -0.3 is 5.11 Å². The summed E-state index contributed by atoms with van der Waals surface area (Å²) in [4.78, 5) is 13.5. The fourth-order valence-corrected chi connectivity index (χ4v) is 0.372. The first kappa shape index (κ1) is 11.7. The van der Waals surface area contributed by atoms with Gasteiger partial charge in [0.1, 0.15) is 6.33 Å².